The van der Waals surface area contributed by atoms with Crippen molar-refractivity contribution < 1.29 is 14.3 Å². The summed E-state index contributed by atoms with van der Waals surface area (Å²) >= 11 is 0. The highest BCUT2D eigenvalue weighted by atomic mass is 16.5. The van der Waals surface area contributed by atoms with Crippen molar-refractivity contribution in [1.29, 1.82) is 0 Å². The third kappa shape index (κ3) is 3.93. The largest absolute Gasteiger partial charge is 0.461 e. The summed E-state index contributed by atoms with van der Waals surface area (Å²) in [5, 5.41) is 8.26. The fraction of sp³-hybridized carbons (Fsp3) is 0.444. The van der Waals surface area contributed by atoms with Crippen LogP contribution in [0.1, 0.15) is 31.3 Å². The highest BCUT2D eigenvalue weighted by molar-refractivity contribution is 5.92. The van der Waals surface area contributed by atoms with Crippen molar-refractivity contribution in [2.45, 2.75) is 33.0 Å². The van der Waals surface area contributed by atoms with Crippen molar-refractivity contribution in [3.05, 3.63) is 36.0 Å². The second-order valence-corrected chi connectivity index (χ2v) is 6.06. The third-order valence-electron chi connectivity index (χ3n) is 3.89. The minimum atomic E-state index is -0.510. The van der Waals surface area contributed by atoms with E-state index in [1.54, 1.807) is 6.92 Å². The van der Waals surface area contributed by atoms with Gasteiger partial charge in [-0.2, -0.15) is 0 Å². The van der Waals surface area contributed by atoms with E-state index >= 15 is 0 Å². The van der Waals surface area contributed by atoms with E-state index in [0.29, 0.717) is 24.7 Å². The van der Waals surface area contributed by atoms with Crippen LogP contribution in [0.5, 0.6) is 0 Å². The average Bonchev–Trinajstić information content (AvgIpc) is 2.61. The Balaban J connectivity index is 2.03. The van der Waals surface area contributed by atoms with Crippen LogP contribution < -0.4 is 4.90 Å². The summed E-state index contributed by atoms with van der Waals surface area (Å²) in [5.41, 5.74) is 0.990. The first-order valence-corrected chi connectivity index (χ1v) is 8.46. The van der Waals surface area contributed by atoms with Crippen LogP contribution in [-0.4, -0.2) is 53.1 Å². The molecule has 0 N–H and O–H groups in total. The summed E-state index contributed by atoms with van der Waals surface area (Å²) in [7, 11) is 0. The van der Waals surface area contributed by atoms with Gasteiger partial charge in [0.05, 0.1) is 18.8 Å². The molecule has 2 atom stereocenters. The lowest BCUT2D eigenvalue weighted by Crippen LogP contribution is -2.46. The Morgan fingerprint density at radius 2 is 1.88 bits per heavy atom. The molecule has 1 aliphatic heterocycles. The smallest absolute Gasteiger partial charge is 0.362 e. The zero-order valence-electron chi connectivity index (χ0n) is 14.7. The monoisotopic (exact) mass is 342 g/mol. The van der Waals surface area contributed by atoms with Gasteiger partial charge in [0, 0.05) is 18.7 Å². The van der Waals surface area contributed by atoms with E-state index < -0.39 is 5.97 Å². The number of esters is 1. The molecule has 0 saturated carbocycles. The van der Waals surface area contributed by atoms with Crippen molar-refractivity contribution in [3.8, 4) is 11.4 Å². The first-order chi connectivity index (χ1) is 12.1. The lowest BCUT2D eigenvalue weighted by atomic mass is 10.2. The first kappa shape index (κ1) is 17.3. The molecule has 25 heavy (non-hydrogen) atoms. The SMILES string of the molecule is CCOC(=O)c1nnc(-c2ccccc2)nc1N1CC(C)OC(C)C1. The number of aromatic nitrogens is 3. The molecule has 2 unspecified atom stereocenters. The molecule has 0 bridgehead atoms. The average molecular weight is 342 g/mol. The zero-order chi connectivity index (χ0) is 17.8. The van der Waals surface area contributed by atoms with Gasteiger partial charge in [-0.05, 0) is 20.8 Å². The lowest BCUT2D eigenvalue weighted by Gasteiger charge is -2.36. The normalized spacial score (nSPS) is 20.4. The molecule has 0 radical (unpaired) electrons. The van der Waals surface area contributed by atoms with Crippen LogP contribution in [0, 0.1) is 0 Å². The number of benzene rings is 1. The molecule has 0 amide bonds. The van der Waals surface area contributed by atoms with Gasteiger partial charge in [0.1, 0.15) is 0 Å². The zero-order valence-corrected chi connectivity index (χ0v) is 14.7. The number of rotatable bonds is 4. The maximum Gasteiger partial charge on any atom is 0.362 e. The van der Waals surface area contributed by atoms with Gasteiger partial charge < -0.3 is 14.4 Å². The van der Waals surface area contributed by atoms with Gasteiger partial charge in [-0.3, -0.25) is 0 Å². The Morgan fingerprint density at radius 1 is 1.20 bits per heavy atom. The predicted octanol–water partition coefficient (Wildman–Crippen LogP) is 2.33. The van der Waals surface area contributed by atoms with E-state index in [0.717, 1.165) is 5.56 Å². The highest BCUT2D eigenvalue weighted by Gasteiger charge is 2.29. The summed E-state index contributed by atoms with van der Waals surface area (Å²) in [6, 6.07) is 9.58. The van der Waals surface area contributed by atoms with E-state index in [1.165, 1.54) is 0 Å². The van der Waals surface area contributed by atoms with Gasteiger partial charge in [-0.25, -0.2) is 9.78 Å². The van der Waals surface area contributed by atoms with Crippen LogP contribution in [0.15, 0.2) is 30.3 Å². The number of carbonyl (C=O) groups excluding carboxylic acids is 1. The van der Waals surface area contributed by atoms with Gasteiger partial charge in [0.2, 0.25) is 5.69 Å². The number of morpholine rings is 1. The number of carbonyl (C=O) groups is 1. The quantitative estimate of drug-likeness (QED) is 0.789. The fourth-order valence-electron chi connectivity index (χ4n) is 2.93. The van der Waals surface area contributed by atoms with E-state index in [1.807, 2.05) is 49.1 Å². The van der Waals surface area contributed by atoms with Crippen LogP contribution >= 0.6 is 0 Å². The molecule has 1 aromatic carbocycles. The summed E-state index contributed by atoms with van der Waals surface area (Å²) in [6.45, 7) is 7.29. The summed E-state index contributed by atoms with van der Waals surface area (Å²) in [5.74, 6) is 0.466. The molecule has 3 rings (SSSR count). The van der Waals surface area contributed by atoms with Gasteiger partial charge >= 0.3 is 5.97 Å². The first-order valence-electron chi connectivity index (χ1n) is 8.46. The standard InChI is InChI=1S/C18H22N4O3/c1-4-24-18(23)15-17(22-10-12(2)25-13(3)11-22)19-16(21-20-15)14-8-6-5-7-9-14/h5-9,12-13H,4,10-11H2,1-3H3. The Labute approximate surface area is 147 Å². The molecule has 1 fully saturated rings. The minimum Gasteiger partial charge on any atom is -0.461 e. The molecule has 0 aliphatic carbocycles. The van der Waals surface area contributed by atoms with Crippen molar-refractivity contribution in [2.75, 3.05) is 24.6 Å². The van der Waals surface area contributed by atoms with E-state index in [9.17, 15) is 4.79 Å². The summed E-state index contributed by atoms with van der Waals surface area (Å²) in [4.78, 5) is 19.0. The molecule has 0 spiro atoms. The van der Waals surface area contributed by atoms with E-state index in [2.05, 4.69) is 15.2 Å². The molecular weight excluding hydrogens is 320 g/mol. The number of nitrogens with zero attached hydrogens (tertiary/aromatic N) is 4. The second-order valence-electron chi connectivity index (χ2n) is 6.06. The number of ether oxygens (including phenoxy) is 2. The Kier molecular flexibility index (Phi) is 5.23. The van der Waals surface area contributed by atoms with Crippen LogP contribution in [0.3, 0.4) is 0 Å². The Bertz CT molecular complexity index is 728. The number of hydrogen-bond acceptors (Lipinski definition) is 7. The molecule has 7 heteroatoms. The van der Waals surface area contributed by atoms with Crippen molar-refractivity contribution in [2.24, 2.45) is 0 Å². The molecule has 1 aliphatic rings. The van der Waals surface area contributed by atoms with Crippen LogP contribution in [-0.2, 0) is 9.47 Å². The summed E-state index contributed by atoms with van der Waals surface area (Å²) < 4.78 is 10.9. The Hall–Kier alpha value is -2.54. The lowest BCUT2D eigenvalue weighted by molar-refractivity contribution is -0.00564. The number of anilines is 1. The fourth-order valence-corrected chi connectivity index (χ4v) is 2.93. The second kappa shape index (κ2) is 7.57. The Morgan fingerprint density at radius 3 is 2.52 bits per heavy atom. The summed E-state index contributed by atoms with van der Waals surface area (Å²) in [6.07, 6.45) is 0.0721. The molecule has 2 aromatic rings. The molecule has 7 nitrogen and oxygen atoms in total. The minimum absolute atomic E-state index is 0.0361. The maximum atomic E-state index is 12.3. The van der Waals surface area contributed by atoms with Gasteiger partial charge in [-0.15, -0.1) is 10.2 Å². The highest BCUT2D eigenvalue weighted by Crippen LogP contribution is 2.24. The van der Waals surface area contributed by atoms with Gasteiger partial charge in [0.15, 0.2) is 11.6 Å². The van der Waals surface area contributed by atoms with Crippen molar-refractivity contribution in [1.82, 2.24) is 15.2 Å². The molecule has 1 aromatic heterocycles. The molecule has 2 heterocycles. The van der Waals surface area contributed by atoms with Gasteiger partial charge in [0.25, 0.3) is 0 Å². The van der Waals surface area contributed by atoms with Crippen LogP contribution in [0.25, 0.3) is 11.4 Å². The predicted molar refractivity (Wildman–Crippen MR) is 93.4 cm³/mol. The topological polar surface area (TPSA) is 77.4 Å². The van der Waals surface area contributed by atoms with E-state index in [-0.39, 0.29) is 24.5 Å². The van der Waals surface area contributed by atoms with Crippen LogP contribution in [0.2, 0.25) is 0 Å². The van der Waals surface area contributed by atoms with Crippen molar-refractivity contribution >= 4 is 11.8 Å². The molecule has 1 saturated heterocycles. The van der Waals surface area contributed by atoms with Crippen LogP contribution in [0.4, 0.5) is 5.82 Å². The van der Waals surface area contributed by atoms with E-state index in [4.69, 9.17) is 9.47 Å². The van der Waals surface area contributed by atoms with Gasteiger partial charge in [-0.1, -0.05) is 30.3 Å². The van der Waals surface area contributed by atoms with Crippen molar-refractivity contribution in [3.63, 3.8) is 0 Å². The number of hydrogen-bond donors (Lipinski definition) is 0. The molecule has 132 valence electrons. The third-order valence-corrected chi connectivity index (χ3v) is 3.89. The molecular formula is C18H22N4O3. The maximum absolute atomic E-state index is 12.3.